The molecule has 1 aromatic heterocycles. The van der Waals surface area contributed by atoms with E-state index in [1.807, 2.05) is 66.9 Å². The molecule has 7 nitrogen and oxygen atoms in total. The van der Waals surface area contributed by atoms with Gasteiger partial charge in [0.2, 0.25) is 5.91 Å². The number of nitrogens with zero attached hydrogens (tertiary/aromatic N) is 1. The molecule has 1 aliphatic rings. The van der Waals surface area contributed by atoms with E-state index in [4.69, 9.17) is 0 Å². The van der Waals surface area contributed by atoms with Crippen LogP contribution in [0.1, 0.15) is 23.1 Å². The average molecular weight is 438 g/mol. The Kier molecular flexibility index (Phi) is 5.14. The zero-order chi connectivity index (χ0) is 22.8. The number of rotatable bonds is 6. The number of nitrogens with one attached hydrogen (secondary N) is 3. The molecule has 0 saturated carbocycles. The minimum Gasteiger partial charge on any atom is -0.361 e. The quantitative estimate of drug-likeness (QED) is 0.401. The number of amides is 4. The molecule has 0 radical (unpaired) electrons. The van der Waals surface area contributed by atoms with Crippen LogP contribution in [0.25, 0.3) is 10.9 Å². The normalized spacial score (nSPS) is 15.0. The van der Waals surface area contributed by atoms with Crippen molar-refractivity contribution in [1.29, 1.82) is 0 Å². The fourth-order valence-electron chi connectivity index (χ4n) is 4.33. The van der Waals surface area contributed by atoms with Gasteiger partial charge in [0.15, 0.2) is 5.54 Å². The summed E-state index contributed by atoms with van der Waals surface area (Å²) in [6.45, 7) is 0. The number of carbonyl (C=O) groups is 3. The molecule has 4 aromatic rings. The topological polar surface area (TPSA) is 94.3 Å². The van der Waals surface area contributed by atoms with Crippen LogP contribution in [0.15, 0.2) is 91.1 Å². The van der Waals surface area contributed by atoms with Gasteiger partial charge < -0.3 is 10.3 Å². The average Bonchev–Trinajstić information content (AvgIpc) is 3.38. The number of hydrazine groups is 1. The molecule has 0 spiro atoms. The van der Waals surface area contributed by atoms with Crippen molar-refractivity contribution in [3.8, 4) is 0 Å². The number of urea groups is 1. The lowest BCUT2D eigenvalue weighted by molar-refractivity contribution is -0.138. The maximum Gasteiger partial charge on any atom is 0.344 e. The van der Waals surface area contributed by atoms with Crippen LogP contribution in [0.5, 0.6) is 0 Å². The zero-order valence-electron chi connectivity index (χ0n) is 17.7. The van der Waals surface area contributed by atoms with Gasteiger partial charge in [0.05, 0.1) is 0 Å². The molecule has 0 bridgehead atoms. The van der Waals surface area contributed by atoms with Crippen molar-refractivity contribution >= 4 is 28.7 Å². The molecule has 33 heavy (non-hydrogen) atoms. The van der Waals surface area contributed by atoms with Gasteiger partial charge >= 0.3 is 6.03 Å². The first-order chi connectivity index (χ1) is 16.1. The molecule has 1 fully saturated rings. The number of fused-ring (bicyclic) bond motifs is 1. The predicted molar refractivity (Wildman–Crippen MR) is 124 cm³/mol. The number of hydrogen-bond donors (Lipinski definition) is 3. The van der Waals surface area contributed by atoms with Crippen molar-refractivity contribution in [3.63, 3.8) is 0 Å². The smallest absolute Gasteiger partial charge is 0.344 e. The fraction of sp³-hybridized carbons (Fsp3) is 0.115. The first-order valence-corrected chi connectivity index (χ1v) is 10.7. The van der Waals surface area contributed by atoms with E-state index in [1.54, 1.807) is 24.3 Å². The lowest BCUT2D eigenvalue weighted by Gasteiger charge is -2.27. The molecule has 0 aliphatic carbocycles. The van der Waals surface area contributed by atoms with Crippen molar-refractivity contribution in [3.05, 3.63) is 108 Å². The summed E-state index contributed by atoms with van der Waals surface area (Å²) in [5.74, 6) is -0.967. The van der Waals surface area contributed by atoms with Gasteiger partial charge in [-0.05, 0) is 29.2 Å². The highest BCUT2D eigenvalue weighted by atomic mass is 16.2. The Labute approximate surface area is 190 Å². The van der Waals surface area contributed by atoms with E-state index in [2.05, 4.69) is 15.7 Å². The molecular weight excluding hydrogens is 416 g/mol. The van der Waals surface area contributed by atoms with E-state index < -0.39 is 23.4 Å². The van der Waals surface area contributed by atoms with Gasteiger partial charge in [0.25, 0.3) is 5.91 Å². The van der Waals surface area contributed by atoms with Crippen molar-refractivity contribution < 1.29 is 14.4 Å². The summed E-state index contributed by atoms with van der Waals surface area (Å²) in [5, 5.41) is 4.65. The van der Waals surface area contributed by atoms with Crippen LogP contribution in [-0.4, -0.2) is 27.8 Å². The van der Waals surface area contributed by atoms with Crippen LogP contribution < -0.4 is 10.7 Å². The Morgan fingerprint density at radius 1 is 0.848 bits per heavy atom. The van der Waals surface area contributed by atoms with Gasteiger partial charge in [-0.25, -0.2) is 4.79 Å². The Balaban J connectivity index is 1.37. The summed E-state index contributed by atoms with van der Waals surface area (Å²) in [4.78, 5) is 42.4. The lowest BCUT2D eigenvalue weighted by atomic mass is 9.83. The molecule has 1 saturated heterocycles. The van der Waals surface area contributed by atoms with Gasteiger partial charge in [0.1, 0.15) is 0 Å². The predicted octanol–water partition coefficient (Wildman–Crippen LogP) is 3.63. The molecular formula is C26H22N4O3. The summed E-state index contributed by atoms with van der Waals surface area (Å²) < 4.78 is 0. The zero-order valence-corrected chi connectivity index (χ0v) is 17.7. The first-order valence-electron chi connectivity index (χ1n) is 10.7. The summed E-state index contributed by atoms with van der Waals surface area (Å²) >= 11 is 0. The highest BCUT2D eigenvalue weighted by Crippen LogP contribution is 2.35. The number of benzene rings is 3. The van der Waals surface area contributed by atoms with E-state index in [-0.39, 0.29) is 6.42 Å². The number of carbonyl (C=O) groups excluding carboxylic acids is 3. The largest absolute Gasteiger partial charge is 0.361 e. The summed E-state index contributed by atoms with van der Waals surface area (Å²) in [5.41, 5.74) is 4.32. The van der Waals surface area contributed by atoms with Crippen LogP contribution in [0, 0.1) is 0 Å². The standard InChI is InChI=1S/C26H22N4O3/c31-23(16-15-18-17-27-22-14-8-7-13-21(18)22)29-30-24(32)26(28-25(30)33,19-9-3-1-4-10-19)20-11-5-2-6-12-20/h1-14,17,27H,15-16H2,(H,28,33)(H,29,31). The number of H-pyrrole nitrogens is 1. The third-order valence-corrected chi connectivity index (χ3v) is 5.97. The van der Waals surface area contributed by atoms with Gasteiger partial charge in [-0.15, -0.1) is 0 Å². The molecule has 7 heteroatoms. The summed E-state index contributed by atoms with van der Waals surface area (Å²) in [6.07, 6.45) is 2.48. The van der Waals surface area contributed by atoms with Crippen LogP contribution in [0.3, 0.4) is 0 Å². The van der Waals surface area contributed by atoms with Gasteiger partial charge in [-0.1, -0.05) is 78.9 Å². The Hall–Kier alpha value is -4.39. The molecule has 164 valence electrons. The number of imide groups is 1. The van der Waals surface area contributed by atoms with Crippen molar-refractivity contribution in [1.82, 2.24) is 20.7 Å². The second kappa shape index (κ2) is 8.27. The number of aromatic nitrogens is 1. The molecule has 3 N–H and O–H groups in total. The van der Waals surface area contributed by atoms with E-state index in [0.29, 0.717) is 17.5 Å². The number of para-hydroxylation sites is 1. The Morgan fingerprint density at radius 2 is 1.45 bits per heavy atom. The first kappa shape index (κ1) is 20.5. The SMILES string of the molecule is O=C(CCc1c[nH]c2ccccc12)NN1C(=O)NC(c2ccccc2)(c2ccccc2)C1=O. The van der Waals surface area contributed by atoms with Gasteiger partial charge in [0, 0.05) is 23.5 Å². The van der Waals surface area contributed by atoms with Gasteiger partial charge in [-0.3, -0.25) is 15.0 Å². The molecule has 0 atom stereocenters. The summed E-state index contributed by atoms with van der Waals surface area (Å²) in [7, 11) is 0. The fourth-order valence-corrected chi connectivity index (χ4v) is 4.33. The van der Waals surface area contributed by atoms with E-state index in [1.165, 1.54) is 0 Å². The van der Waals surface area contributed by atoms with Crippen LogP contribution in [-0.2, 0) is 21.5 Å². The third-order valence-electron chi connectivity index (χ3n) is 5.97. The molecule has 2 heterocycles. The molecule has 3 aromatic carbocycles. The Bertz CT molecular complexity index is 1290. The van der Waals surface area contributed by atoms with Crippen molar-refractivity contribution in [2.45, 2.75) is 18.4 Å². The third kappa shape index (κ3) is 3.53. The maximum absolute atomic E-state index is 13.6. The second-order valence-electron chi connectivity index (χ2n) is 7.95. The molecule has 4 amide bonds. The van der Waals surface area contributed by atoms with Crippen molar-refractivity contribution in [2.75, 3.05) is 0 Å². The van der Waals surface area contributed by atoms with E-state index >= 15 is 0 Å². The minimum absolute atomic E-state index is 0.128. The summed E-state index contributed by atoms with van der Waals surface area (Å²) in [6, 6.07) is 25.2. The Morgan fingerprint density at radius 3 is 2.12 bits per heavy atom. The lowest BCUT2D eigenvalue weighted by Crippen LogP contribution is -2.49. The van der Waals surface area contributed by atoms with Gasteiger partial charge in [-0.2, -0.15) is 5.01 Å². The number of hydrogen-bond acceptors (Lipinski definition) is 3. The monoisotopic (exact) mass is 438 g/mol. The second-order valence-corrected chi connectivity index (χ2v) is 7.95. The van der Waals surface area contributed by atoms with Crippen molar-refractivity contribution in [2.24, 2.45) is 0 Å². The van der Waals surface area contributed by atoms with Crippen LogP contribution >= 0.6 is 0 Å². The highest BCUT2D eigenvalue weighted by molar-refractivity contribution is 6.10. The van der Waals surface area contributed by atoms with Crippen LogP contribution in [0.2, 0.25) is 0 Å². The molecule has 1 aliphatic heterocycles. The number of aromatic amines is 1. The van der Waals surface area contributed by atoms with E-state index in [0.717, 1.165) is 21.5 Å². The number of aryl methyl sites for hydroxylation is 1. The minimum atomic E-state index is -1.41. The highest BCUT2D eigenvalue weighted by Gasteiger charge is 2.54. The molecule has 5 rings (SSSR count). The maximum atomic E-state index is 13.6. The van der Waals surface area contributed by atoms with Crippen LogP contribution in [0.4, 0.5) is 4.79 Å². The van der Waals surface area contributed by atoms with E-state index in [9.17, 15) is 14.4 Å². The molecule has 0 unspecified atom stereocenters.